The van der Waals surface area contributed by atoms with Crippen molar-refractivity contribution in [2.24, 2.45) is 0 Å². The average molecular weight is 396 g/mol. The van der Waals surface area contributed by atoms with Gasteiger partial charge in [-0.15, -0.1) is 0 Å². The Morgan fingerprint density at radius 2 is 1.86 bits per heavy atom. The summed E-state index contributed by atoms with van der Waals surface area (Å²) in [5.41, 5.74) is 3.62. The third-order valence-electron chi connectivity index (χ3n) is 5.43. The Labute approximate surface area is 170 Å². The Morgan fingerprint density at radius 3 is 2.64 bits per heavy atom. The number of hydrogen-bond donors (Lipinski definition) is 0. The molecule has 0 spiro atoms. The largest absolute Gasteiger partial charge is 0.468 e. The van der Waals surface area contributed by atoms with Gasteiger partial charge < -0.3 is 4.74 Å². The quantitative estimate of drug-likeness (QED) is 0.486. The summed E-state index contributed by atoms with van der Waals surface area (Å²) in [5, 5.41) is 1.00. The zero-order chi connectivity index (χ0) is 19.3. The summed E-state index contributed by atoms with van der Waals surface area (Å²) in [4.78, 5) is 3.68. The van der Waals surface area contributed by atoms with Crippen LogP contribution in [0.2, 0.25) is 0 Å². The van der Waals surface area contributed by atoms with Gasteiger partial charge in [0.25, 0.3) is 0 Å². The molecule has 4 rings (SSSR count). The van der Waals surface area contributed by atoms with E-state index >= 15 is 0 Å². The molecule has 2 heterocycles. The SMILES string of the molecule is Cc1cc(-c2ccccc2)sc1OCN1CCCCC1Cc1ccc(F)cc1. The Morgan fingerprint density at radius 1 is 1.07 bits per heavy atom. The lowest BCUT2D eigenvalue weighted by atomic mass is 9.96. The number of hydrogen-bond acceptors (Lipinski definition) is 3. The first kappa shape index (κ1) is 19.2. The third kappa shape index (κ3) is 4.62. The third-order valence-corrected chi connectivity index (χ3v) is 6.62. The standard InChI is InChI=1S/C24H26FNOS/c1-18-15-23(20-7-3-2-4-8-20)28-24(18)27-17-26-14-6-5-9-22(26)16-19-10-12-21(25)13-11-19/h2-4,7-8,10-13,15,22H,5-6,9,14,16-17H2,1H3. The van der Waals surface area contributed by atoms with Crippen LogP contribution in [0.15, 0.2) is 60.7 Å². The maximum atomic E-state index is 13.2. The number of likely N-dealkylation sites (tertiary alicyclic amines) is 1. The first-order chi connectivity index (χ1) is 13.7. The Hall–Kier alpha value is -2.17. The van der Waals surface area contributed by atoms with Crippen molar-refractivity contribution in [3.63, 3.8) is 0 Å². The summed E-state index contributed by atoms with van der Waals surface area (Å²) in [6, 6.07) is 20.0. The zero-order valence-electron chi connectivity index (χ0n) is 16.2. The number of benzene rings is 2. The van der Waals surface area contributed by atoms with Crippen LogP contribution in [-0.2, 0) is 6.42 Å². The van der Waals surface area contributed by atoms with Crippen LogP contribution in [0, 0.1) is 12.7 Å². The van der Waals surface area contributed by atoms with Crippen molar-refractivity contribution >= 4 is 11.3 Å². The first-order valence-corrected chi connectivity index (χ1v) is 10.8. The molecule has 1 saturated heterocycles. The summed E-state index contributed by atoms with van der Waals surface area (Å²) in [5.74, 6) is -0.171. The second-order valence-electron chi connectivity index (χ2n) is 7.51. The summed E-state index contributed by atoms with van der Waals surface area (Å²) < 4.78 is 19.4. The van der Waals surface area contributed by atoms with Crippen molar-refractivity contribution in [3.8, 4) is 15.5 Å². The van der Waals surface area contributed by atoms with E-state index in [-0.39, 0.29) is 5.82 Å². The van der Waals surface area contributed by atoms with Gasteiger partial charge >= 0.3 is 0 Å². The van der Waals surface area contributed by atoms with Gasteiger partial charge in [0.15, 0.2) is 5.06 Å². The highest BCUT2D eigenvalue weighted by Crippen LogP contribution is 2.37. The van der Waals surface area contributed by atoms with Gasteiger partial charge in [-0.3, -0.25) is 4.90 Å². The highest BCUT2D eigenvalue weighted by Gasteiger charge is 2.23. The van der Waals surface area contributed by atoms with Crippen molar-refractivity contribution in [2.45, 2.75) is 38.6 Å². The molecule has 1 fully saturated rings. The predicted octanol–water partition coefficient (Wildman–Crippen LogP) is 6.30. The summed E-state index contributed by atoms with van der Waals surface area (Å²) in [6.07, 6.45) is 4.57. The van der Waals surface area contributed by atoms with Gasteiger partial charge in [-0.1, -0.05) is 60.2 Å². The van der Waals surface area contributed by atoms with E-state index in [2.05, 4.69) is 42.2 Å². The van der Waals surface area contributed by atoms with Gasteiger partial charge in [-0.25, -0.2) is 4.39 Å². The lowest BCUT2D eigenvalue weighted by molar-refractivity contribution is 0.0599. The van der Waals surface area contributed by atoms with Crippen molar-refractivity contribution in [1.82, 2.24) is 4.90 Å². The fraction of sp³-hybridized carbons (Fsp3) is 0.333. The van der Waals surface area contributed by atoms with Gasteiger partial charge in [0.2, 0.25) is 0 Å². The van der Waals surface area contributed by atoms with Crippen LogP contribution in [0.5, 0.6) is 5.06 Å². The number of halogens is 1. The van der Waals surface area contributed by atoms with E-state index in [0.29, 0.717) is 12.8 Å². The lowest BCUT2D eigenvalue weighted by Gasteiger charge is -2.35. The summed E-state index contributed by atoms with van der Waals surface area (Å²) >= 11 is 1.72. The molecule has 146 valence electrons. The molecule has 0 N–H and O–H groups in total. The van der Waals surface area contributed by atoms with Crippen molar-refractivity contribution in [3.05, 3.63) is 77.6 Å². The molecule has 0 aliphatic carbocycles. The van der Waals surface area contributed by atoms with E-state index in [0.717, 1.165) is 18.0 Å². The normalized spacial score (nSPS) is 17.6. The van der Waals surface area contributed by atoms with Gasteiger partial charge in [0.1, 0.15) is 12.5 Å². The highest BCUT2D eigenvalue weighted by atomic mass is 32.1. The first-order valence-electron chi connectivity index (χ1n) is 9.96. The average Bonchev–Trinajstić information content (AvgIpc) is 3.10. The number of rotatable bonds is 6. The number of thiophene rings is 1. The zero-order valence-corrected chi connectivity index (χ0v) is 17.1. The molecule has 1 aliphatic heterocycles. The predicted molar refractivity (Wildman–Crippen MR) is 114 cm³/mol. The minimum absolute atomic E-state index is 0.171. The van der Waals surface area contributed by atoms with E-state index in [1.54, 1.807) is 23.5 Å². The van der Waals surface area contributed by atoms with Gasteiger partial charge in [0, 0.05) is 23.0 Å². The molecule has 3 aromatic rings. The van der Waals surface area contributed by atoms with E-state index in [4.69, 9.17) is 4.74 Å². The Kier molecular flexibility index (Phi) is 6.08. The van der Waals surface area contributed by atoms with Crippen LogP contribution in [0.1, 0.15) is 30.4 Å². The van der Waals surface area contributed by atoms with Crippen molar-refractivity contribution in [2.75, 3.05) is 13.3 Å². The van der Waals surface area contributed by atoms with Crippen LogP contribution in [-0.4, -0.2) is 24.2 Å². The molecule has 2 aromatic carbocycles. The summed E-state index contributed by atoms with van der Waals surface area (Å²) in [6.45, 7) is 3.79. The molecule has 0 bridgehead atoms. The molecule has 0 radical (unpaired) electrons. The van der Waals surface area contributed by atoms with Crippen molar-refractivity contribution in [1.29, 1.82) is 0 Å². The molecule has 1 atom stereocenters. The number of piperidine rings is 1. The Bertz CT molecular complexity index is 891. The molecule has 4 heteroatoms. The topological polar surface area (TPSA) is 12.5 Å². The second kappa shape index (κ2) is 8.89. The highest BCUT2D eigenvalue weighted by molar-refractivity contribution is 7.17. The number of nitrogens with zero attached hydrogens (tertiary/aromatic N) is 1. The van der Waals surface area contributed by atoms with Crippen molar-refractivity contribution < 1.29 is 9.13 Å². The van der Waals surface area contributed by atoms with Gasteiger partial charge in [-0.05, 0) is 55.5 Å². The molecular formula is C24H26FNOS. The molecule has 0 amide bonds. The molecule has 2 nitrogen and oxygen atoms in total. The van der Waals surface area contributed by atoms with Crippen LogP contribution in [0.25, 0.3) is 10.4 Å². The molecule has 1 aliphatic rings. The summed E-state index contributed by atoms with van der Waals surface area (Å²) in [7, 11) is 0. The van der Waals surface area contributed by atoms with E-state index in [1.807, 2.05) is 18.2 Å². The molecule has 28 heavy (non-hydrogen) atoms. The Balaban J connectivity index is 1.41. The fourth-order valence-corrected chi connectivity index (χ4v) is 4.87. The smallest absolute Gasteiger partial charge is 0.179 e. The van der Waals surface area contributed by atoms with Crippen LogP contribution < -0.4 is 4.74 Å². The maximum Gasteiger partial charge on any atom is 0.179 e. The van der Waals surface area contributed by atoms with Gasteiger partial charge in [0.05, 0.1) is 0 Å². The molecular weight excluding hydrogens is 369 g/mol. The van der Waals surface area contributed by atoms with Crippen LogP contribution in [0.4, 0.5) is 4.39 Å². The number of ether oxygens (including phenoxy) is 1. The fourth-order valence-electron chi connectivity index (χ4n) is 3.85. The van der Waals surface area contributed by atoms with E-state index in [1.165, 1.54) is 40.8 Å². The minimum Gasteiger partial charge on any atom is -0.468 e. The maximum absolute atomic E-state index is 13.2. The van der Waals surface area contributed by atoms with Crippen LogP contribution >= 0.6 is 11.3 Å². The van der Waals surface area contributed by atoms with Crippen LogP contribution in [0.3, 0.4) is 0 Å². The monoisotopic (exact) mass is 395 g/mol. The minimum atomic E-state index is -0.171. The van der Waals surface area contributed by atoms with Gasteiger partial charge in [-0.2, -0.15) is 0 Å². The molecule has 0 saturated carbocycles. The molecule has 1 aromatic heterocycles. The van der Waals surface area contributed by atoms with E-state index < -0.39 is 0 Å². The number of aryl methyl sites for hydroxylation is 1. The molecule has 1 unspecified atom stereocenters. The second-order valence-corrected chi connectivity index (χ2v) is 8.53. The van der Waals surface area contributed by atoms with E-state index in [9.17, 15) is 4.39 Å². The lowest BCUT2D eigenvalue weighted by Crippen LogP contribution is -2.43.